The second-order valence-electron chi connectivity index (χ2n) is 3.64. The summed E-state index contributed by atoms with van der Waals surface area (Å²) < 4.78 is 11.6. The van der Waals surface area contributed by atoms with Gasteiger partial charge in [-0.05, 0) is 6.42 Å². The smallest absolute Gasteiger partial charge is 0.0894 e. The van der Waals surface area contributed by atoms with Crippen molar-refractivity contribution in [1.82, 2.24) is 0 Å². The number of hydrogen-bond acceptors (Lipinski definition) is 0. The van der Waals surface area contributed by atoms with Crippen molar-refractivity contribution in [1.29, 1.82) is 0 Å². The molecule has 0 aromatic rings. The quantitative estimate of drug-likeness (QED) is 0.412. The van der Waals surface area contributed by atoms with Crippen molar-refractivity contribution in [2.45, 2.75) is 51.2 Å². The molecule has 0 atom stereocenters. The molecule has 2 heteroatoms. The van der Waals surface area contributed by atoms with E-state index in [9.17, 15) is 4.39 Å². The van der Waals surface area contributed by atoms with Crippen LogP contribution in [0, 0.1) is 0 Å². The maximum absolute atomic E-state index is 11.6. The number of rotatable bonds is 7. The molecule has 0 aliphatic rings. The highest BCUT2D eigenvalue weighted by molar-refractivity contribution is 6.55. The highest BCUT2D eigenvalue weighted by Crippen LogP contribution is 2.07. The van der Waals surface area contributed by atoms with E-state index < -0.39 is 0 Å². The molecule has 0 aliphatic carbocycles. The molecule has 0 aromatic heterocycles. The van der Waals surface area contributed by atoms with Crippen molar-refractivity contribution < 1.29 is 4.39 Å². The highest BCUT2D eigenvalue weighted by atomic mass is 28.3. The average molecular weight is 176 g/mol. The molecule has 0 fully saturated rings. The van der Waals surface area contributed by atoms with E-state index in [2.05, 4.69) is 13.1 Å². The van der Waals surface area contributed by atoms with Gasteiger partial charge in [0, 0.05) is 8.80 Å². The summed E-state index contributed by atoms with van der Waals surface area (Å²) in [4.78, 5) is 0. The monoisotopic (exact) mass is 176 g/mol. The van der Waals surface area contributed by atoms with E-state index in [-0.39, 0.29) is 15.5 Å². The first-order valence-electron chi connectivity index (χ1n) is 4.83. The van der Waals surface area contributed by atoms with Crippen LogP contribution in [0.15, 0.2) is 0 Å². The predicted octanol–water partition coefficient (Wildman–Crippen LogP) is 3.39. The van der Waals surface area contributed by atoms with Gasteiger partial charge in [0.25, 0.3) is 0 Å². The minimum atomic E-state index is -0.303. The van der Waals surface area contributed by atoms with E-state index in [0.717, 1.165) is 12.8 Å². The predicted molar refractivity (Wildman–Crippen MR) is 52.7 cm³/mol. The van der Waals surface area contributed by atoms with Crippen LogP contribution in [0.1, 0.15) is 32.1 Å². The zero-order chi connectivity index (χ0) is 8.53. The van der Waals surface area contributed by atoms with Crippen LogP contribution < -0.4 is 0 Å². The Morgan fingerprint density at radius 2 is 1.45 bits per heavy atom. The van der Waals surface area contributed by atoms with Crippen LogP contribution in [0.4, 0.5) is 4.39 Å². The summed E-state index contributed by atoms with van der Waals surface area (Å²) in [6.07, 6.45) is 5.82. The van der Waals surface area contributed by atoms with Gasteiger partial charge < -0.3 is 0 Å². The van der Waals surface area contributed by atoms with Gasteiger partial charge in [0.2, 0.25) is 0 Å². The van der Waals surface area contributed by atoms with Gasteiger partial charge in [-0.2, -0.15) is 0 Å². The summed E-state index contributed by atoms with van der Waals surface area (Å²) in [5, 5.41) is 0. The Hall–Kier alpha value is 0.147. The Kier molecular flexibility index (Phi) is 8.36. The standard InChI is InChI=1S/C9H21FSi/c1-11(2)9-7-5-3-4-6-8-10/h11H,3-9H2,1-2H3. The van der Waals surface area contributed by atoms with Crippen LogP contribution in [0.5, 0.6) is 0 Å². The number of hydrogen-bond donors (Lipinski definition) is 0. The second kappa shape index (κ2) is 8.25. The van der Waals surface area contributed by atoms with Crippen molar-refractivity contribution in [3.05, 3.63) is 0 Å². The van der Waals surface area contributed by atoms with Crippen LogP contribution in [0.2, 0.25) is 19.1 Å². The maximum atomic E-state index is 11.6. The molecule has 0 unspecified atom stereocenters. The molecule has 0 aliphatic heterocycles. The lowest BCUT2D eigenvalue weighted by Gasteiger charge is -2.01. The van der Waals surface area contributed by atoms with Gasteiger partial charge >= 0.3 is 0 Å². The number of unbranched alkanes of at least 4 members (excludes halogenated alkanes) is 4. The van der Waals surface area contributed by atoms with Crippen molar-refractivity contribution in [3.63, 3.8) is 0 Å². The van der Waals surface area contributed by atoms with E-state index in [1.807, 2.05) is 0 Å². The van der Waals surface area contributed by atoms with Crippen molar-refractivity contribution >= 4 is 8.80 Å². The first kappa shape index (κ1) is 11.1. The van der Waals surface area contributed by atoms with E-state index in [4.69, 9.17) is 0 Å². The zero-order valence-corrected chi connectivity index (χ0v) is 9.06. The fourth-order valence-electron chi connectivity index (χ4n) is 1.18. The molecule has 0 rings (SSSR count). The molecule has 0 radical (unpaired) electrons. The summed E-state index contributed by atoms with van der Waals surface area (Å²) in [7, 11) is -0.303. The summed E-state index contributed by atoms with van der Waals surface area (Å²) in [6, 6.07) is 1.47. The maximum Gasteiger partial charge on any atom is 0.0894 e. The number of alkyl halides is 1. The Balaban J connectivity index is 2.80. The third-order valence-electron chi connectivity index (χ3n) is 1.92. The lowest BCUT2D eigenvalue weighted by Crippen LogP contribution is -1.97. The molecule has 0 saturated heterocycles. The molecule has 0 saturated carbocycles. The summed E-state index contributed by atoms with van der Waals surface area (Å²) in [5.74, 6) is 0. The fraction of sp³-hybridized carbons (Fsp3) is 1.00. The van der Waals surface area contributed by atoms with Gasteiger partial charge in [0.15, 0.2) is 0 Å². The van der Waals surface area contributed by atoms with E-state index in [0.29, 0.717) is 0 Å². The molecule has 0 heterocycles. The molecule has 68 valence electrons. The topological polar surface area (TPSA) is 0 Å². The Morgan fingerprint density at radius 1 is 0.909 bits per heavy atom. The average Bonchev–Trinajstić information content (AvgIpc) is 1.96. The van der Waals surface area contributed by atoms with Gasteiger partial charge in [-0.1, -0.05) is 44.8 Å². The number of halogens is 1. The molecule has 0 nitrogen and oxygen atoms in total. The Labute approximate surface area is 71.8 Å². The summed E-state index contributed by atoms with van der Waals surface area (Å²) in [5.41, 5.74) is 0. The van der Waals surface area contributed by atoms with Crippen molar-refractivity contribution in [2.75, 3.05) is 6.67 Å². The van der Waals surface area contributed by atoms with Crippen molar-refractivity contribution in [3.8, 4) is 0 Å². The molecule has 0 aromatic carbocycles. The first-order valence-corrected chi connectivity index (χ1v) is 7.96. The molecular weight excluding hydrogens is 155 g/mol. The third kappa shape index (κ3) is 10.1. The molecule has 0 bridgehead atoms. The molecule has 0 N–H and O–H groups in total. The van der Waals surface area contributed by atoms with Crippen LogP contribution in [0.25, 0.3) is 0 Å². The van der Waals surface area contributed by atoms with Gasteiger partial charge in [-0.25, -0.2) is 0 Å². The normalized spacial score (nSPS) is 10.9. The van der Waals surface area contributed by atoms with Crippen LogP contribution >= 0.6 is 0 Å². The SMILES string of the molecule is C[SiH](C)CCCCCCCF. The minimum absolute atomic E-state index is 0.126. The molecule has 0 amide bonds. The third-order valence-corrected chi connectivity index (χ3v) is 3.48. The lowest BCUT2D eigenvalue weighted by atomic mass is 10.2. The van der Waals surface area contributed by atoms with Gasteiger partial charge in [0.1, 0.15) is 0 Å². The van der Waals surface area contributed by atoms with Crippen LogP contribution in [-0.2, 0) is 0 Å². The van der Waals surface area contributed by atoms with Crippen molar-refractivity contribution in [2.24, 2.45) is 0 Å². The second-order valence-corrected chi connectivity index (χ2v) is 7.00. The summed E-state index contributed by atoms with van der Waals surface area (Å²) in [6.45, 7) is 4.65. The zero-order valence-electron chi connectivity index (χ0n) is 7.91. The Morgan fingerprint density at radius 3 is 2.00 bits per heavy atom. The fourth-order valence-corrected chi connectivity index (χ4v) is 2.28. The largest absolute Gasteiger partial charge is 0.251 e. The van der Waals surface area contributed by atoms with Gasteiger partial charge in [0.05, 0.1) is 6.67 Å². The lowest BCUT2D eigenvalue weighted by molar-refractivity contribution is 0.452. The first-order chi connectivity index (χ1) is 5.27. The molecular formula is C9H21FSi. The molecule has 0 spiro atoms. The minimum Gasteiger partial charge on any atom is -0.251 e. The molecule has 11 heavy (non-hydrogen) atoms. The van der Waals surface area contributed by atoms with Crippen LogP contribution in [-0.4, -0.2) is 15.5 Å². The van der Waals surface area contributed by atoms with E-state index in [1.54, 1.807) is 0 Å². The highest BCUT2D eigenvalue weighted by Gasteiger charge is 1.95. The van der Waals surface area contributed by atoms with E-state index in [1.165, 1.54) is 25.3 Å². The van der Waals surface area contributed by atoms with Gasteiger partial charge in [-0.3, -0.25) is 4.39 Å². The van der Waals surface area contributed by atoms with Crippen LogP contribution in [0.3, 0.4) is 0 Å². The Bertz CT molecular complexity index is 74.0. The van der Waals surface area contributed by atoms with Gasteiger partial charge in [-0.15, -0.1) is 0 Å². The summed E-state index contributed by atoms with van der Waals surface area (Å²) >= 11 is 0. The van der Waals surface area contributed by atoms with E-state index >= 15 is 0 Å².